The summed E-state index contributed by atoms with van der Waals surface area (Å²) in [7, 11) is 0. The first-order valence-corrected chi connectivity index (χ1v) is 4.19. The zero-order valence-electron chi connectivity index (χ0n) is 7.97. The van der Waals surface area contributed by atoms with Crippen LogP contribution in [0.3, 0.4) is 0 Å². The van der Waals surface area contributed by atoms with E-state index in [1.54, 1.807) is 12.4 Å². The molecule has 0 unspecified atom stereocenters. The summed E-state index contributed by atoms with van der Waals surface area (Å²) in [5.74, 6) is -1.13. The van der Waals surface area contributed by atoms with Gasteiger partial charge in [-0.15, -0.1) is 0 Å². The van der Waals surface area contributed by atoms with Crippen molar-refractivity contribution in [3.05, 3.63) is 0 Å². The van der Waals surface area contributed by atoms with Gasteiger partial charge in [0.2, 0.25) is 5.96 Å². The second-order valence-electron chi connectivity index (χ2n) is 3.00. The van der Waals surface area contributed by atoms with Gasteiger partial charge in [0.1, 0.15) is 6.04 Å². The average molecular weight is 204 g/mol. The van der Waals surface area contributed by atoms with E-state index in [9.17, 15) is 4.79 Å². The molecule has 0 rings (SSSR count). The summed E-state index contributed by atoms with van der Waals surface area (Å²) in [5.41, 5.74) is 12.2. The predicted octanol–water partition coefficient (Wildman–Crippen LogP) is -1.14. The lowest BCUT2D eigenvalue weighted by molar-refractivity contribution is -0.138. The standard InChI is InChI=1S/C7H16N4O3/c1-4(10-7(9)11-14)2-3-5(8)6(12)13/h4-5,14H,2-3,8H2,1H3,(H,12,13)(H3,9,10,11)/t4-,5-/m0/s1. The van der Waals surface area contributed by atoms with Crippen molar-refractivity contribution in [2.75, 3.05) is 0 Å². The van der Waals surface area contributed by atoms with E-state index in [4.69, 9.17) is 21.8 Å². The van der Waals surface area contributed by atoms with Crippen LogP contribution in [0.25, 0.3) is 0 Å². The van der Waals surface area contributed by atoms with Crippen molar-refractivity contribution in [1.82, 2.24) is 5.48 Å². The topological polar surface area (TPSA) is 134 Å². The molecule has 0 spiro atoms. The van der Waals surface area contributed by atoms with Crippen LogP contribution < -0.4 is 16.9 Å². The fourth-order valence-electron chi connectivity index (χ4n) is 0.875. The average Bonchev–Trinajstić information content (AvgIpc) is 2.13. The first-order chi connectivity index (χ1) is 6.47. The van der Waals surface area contributed by atoms with Crippen LogP contribution in [0, 0.1) is 0 Å². The summed E-state index contributed by atoms with van der Waals surface area (Å²) in [6.45, 7) is 1.75. The van der Waals surface area contributed by atoms with Gasteiger partial charge in [0.25, 0.3) is 0 Å². The Labute approximate surface area is 81.8 Å². The molecule has 0 aliphatic heterocycles. The molecule has 0 saturated heterocycles. The Morgan fingerprint density at radius 2 is 2.14 bits per heavy atom. The fourth-order valence-corrected chi connectivity index (χ4v) is 0.875. The quantitative estimate of drug-likeness (QED) is 0.218. The first kappa shape index (κ1) is 12.7. The molecule has 0 heterocycles. The van der Waals surface area contributed by atoms with Crippen LogP contribution in [-0.4, -0.2) is 34.3 Å². The Hall–Kier alpha value is -1.34. The van der Waals surface area contributed by atoms with Gasteiger partial charge in [0.15, 0.2) is 0 Å². The van der Waals surface area contributed by atoms with E-state index in [1.807, 2.05) is 0 Å². The highest BCUT2D eigenvalue weighted by atomic mass is 16.5. The molecular formula is C7H16N4O3. The van der Waals surface area contributed by atoms with Crippen molar-refractivity contribution >= 4 is 11.9 Å². The third-order valence-electron chi connectivity index (χ3n) is 1.69. The van der Waals surface area contributed by atoms with Crippen LogP contribution in [0.1, 0.15) is 19.8 Å². The van der Waals surface area contributed by atoms with Crippen molar-refractivity contribution < 1.29 is 15.1 Å². The molecule has 0 radical (unpaired) electrons. The summed E-state index contributed by atoms with van der Waals surface area (Å²) in [6, 6.07) is -1.06. The SMILES string of the molecule is C[C@@H](CC[C@H](N)C(=O)O)N=C(N)NO. The predicted molar refractivity (Wildman–Crippen MR) is 50.9 cm³/mol. The summed E-state index contributed by atoms with van der Waals surface area (Å²) >= 11 is 0. The summed E-state index contributed by atoms with van der Waals surface area (Å²) < 4.78 is 0. The molecule has 2 atom stereocenters. The van der Waals surface area contributed by atoms with Gasteiger partial charge in [0, 0.05) is 0 Å². The number of nitrogens with two attached hydrogens (primary N) is 2. The molecule has 0 aromatic heterocycles. The molecule has 7 nitrogen and oxygen atoms in total. The van der Waals surface area contributed by atoms with Gasteiger partial charge in [-0.3, -0.25) is 10.0 Å². The molecule has 0 saturated carbocycles. The number of aliphatic carboxylic acids is 1. The number of carbonyl (C=O) groups is 1. The molecule has 0 aromatic carbocycles. The minimum Gasteiger partial charge on any atom is -0.480 e. The second kappa shape index (κ2) is 6.17. The lowest BCUT2D eigenvalue weighted by atomic mass is 10.1. The molecule has 0 aromatic rings. The number of nitrogens with one attached hydrogen (secondary N) is 1. The number of rotatable bonds is 5. The van der Waals surface area contributed by atoms with E-state index in [0.717, 1.165) is 0 Å². The molecule has 7 N–H and O–H groups in total. The van der Waals surface area contributed by atoms with E-state index in [-0.39, 0.29) is 12.0 Å². The molecule has 0 bridgehead atoms. The molecule has 0 amide bonds. The number of hydrogen-bond acceptors (Lipinski definition) is 4. The van der Waals surface area contributed by atoms with E-state index < -0.39 is 12.0 Å². The van der Waals surface area contributed by atoms with Gasteiger partial charge >= 0.3 is 5.97 Å². The Morgan fingerprint density at radius 3 is 2.57 bits per heavy atom. The van der Waals surface area contributed by atoms with E-state index >= 15 is 0 Å². The molecular weight excluding hydrogens is 188 g/mol. The third kappa shape index (κ3) is 5.33. The monoisotopic (exact) mass is 204 g/mol. The number of hydrogen-bond donors (Lipinski definition) is 5. The largest absolute Gasteiger partial charge is 0.480 e. The maximum Gasteiger partial charge on any atom is 0.320 e. The van der Waals surface area contributed by atoms with Gasteiger partial charge in [-0.05, 0) is 19.8 Å². The number of nitrogens with zero attached hydrogens (tertiary/aromatic N) is 1. The lowest BCUT2D eigenvalue weighted by Gasteiger charge is -2.09. The highest BCUT2D eigenvalue weighted by Crippen LogP contribution is 2.03. The Bertz CT molecular complexity index is 219. The van der Waals surface area contributed by atoms with Crippen molar-refractivity contribution in [3.8, 4) is 0 Å². The van der Waals surface area contributed by atoms with Crippen LogP contribution >= 0.6 is 0 Å². The number of aliphatic imine (C=N–C) groups is 1. The highest BCUT2D eigenvalue weighted by Gasteiger charge is 2.12. The number of carboxylic acid groups (broad SMARTS) is 1. The van der Waals surface area contributed by atoms with Crippen LogP contribution in [0.5, 0.6) is 0 Å². The van der Waals surface area contributed by atoms with Crippen LogP contribution in [0.2, 0.25) is 0 Å². The Balaban J connectivity index is 3.85. The summed E-state index contributed by atoms with van der Waals surface area (Å²) in [5, 5.41) is 16.8. The zero-order chi connectivity index (χ0) is 11.1. The molecule has 82 valence electrons. The van der Waals surface area contributed by atoms with Gasteiger partial charge in [-0.1, -0.05) is 0 Å². The number of guanidine groups is 1. The normalized spacial score (nSPS) is 16.1. The maximum absolute atomic E-state index is 10.4. The van der Waals surface area contributed by atoms with Gasteiger partial charge < -0.3 is 16.6 Å². The van der Waals surface area contributed by atoms with Crippen molar-refractivity contribution in [2.45, 2.75) is 31.8 Å². The minimum absolute atomic E-state index is 0.0959. The van der Waals surface area contributed by atoms with E-state index in [2.05, 4.69) is 4.99 Å². The van der Waals surface area contributed by atoms with Crippen molar-refractivity contribution in [3.63, 3.8) is 0 Å². The van der Waals surface area contributed by atoms with E-state index in [0.29, 0.717) is 12.8 Å². The van der Waals surface area contributed by atoms with Crippen LogP contribution in [0.4, 0.5) is 0 Å². The highest BCUT2D eigenvalue weighted by molar-refractivity contribution is 5.76. The Morgan fingerprint density at radius 1 is 1.57 bits per heavy atom. The number of hydroxylamine groups is 1. The van der Waals surface area contributed by atoms with Crippen LogP contribution in [-0.2, 0) is 4.79 Å². The molecule has 0 aliphatic rings. The van der Waals surface area contributed by atoms with Crippen LogP contribution in [0.15, 0.2) is 4.99 Å². The van der Waals surface area contributed by atoms with Gasteiger partial charge in [-0.2, -0.15) is 0 Å². The molecule has 7 heteroatoms. The zero-order valence-corrected chi connectivity index (χ0v) is 7.97. The van der Waals surface area contributed by atoms with E-state index in [1.165, 1.54) is 0 Å². The maximum atomic E-state index is 10.4. The molecule has 0 aliphatic carbocycles. The smallest absolute Gasteiger partial charge is 0.320 e. The van der Waals surface area contributed by atoms with Crippen molar-refractivity contribution in [2.24, 2.45) is 16.5 Å². The first-order valence-electron chi connectivity index (χ1n) is 4.19. The Kier molecular flexibility index (Phi) is 5.58. The summed E-state index contributed by atoms with van der Waals surface area (Å²) in [4.78, 5) is 14.2. The molecule has 14 heavy (non-hydrogen) atoms. The molecule has 0 fully saturated rings. The minimum atomic E-state index is -1.03. The number of carboxylic acids is 1. The second-order valence-corrected chi connectivity index (χ2v) is 3.00. The lowest BCUT2D eigenvalue weighted by Crippen LogP contribution is -2.32. The van der Waals surface area contributed by atoms with Crippen molar-refractivity contribution in [1.29, 1.82) is 0 Å². The fraction of sp³-hybridized carbons (Fsp3) is 0.714. The summed E-state index contributed by atoms with van der Waals surface area (Å²) in [6.07, 6.45) is 0.814. The van der Waals surface area contributed by atoms with Gasteiger partial charge in [0.05, 0.1) is 6.04 Å². The van der Waals surface area contributed by atoms with Gasteiger partial charge in [-0.25, -0.2) is 10.5 Å². The third-order valence-corrected chi connectivity index (χ3v) is 1.69.